The van der Waals surface area contributed by atoms with Crippen molar-refractivity contribution in [1.29, 1.82) is 0 Å². The molecule has 0 saturated heterocycles. The number of nitrogens with one attached hydrogen (secondary N) is 1. The van der Waals surface area contributed by atoms with Gasteiger partial charge in [0, 0.05) is 17.5 Å². The maximum Gasteiger partial charge on any atom is 0.407 e. The third-order valence-corrected chi connectivity index (χ3v) is 10.6. The van der Waals surface area contributed by atoms with Gasteiger partial charge >= 0.3 is 12.1 Å². The maximum atomic E-state index is 12.6. The first kappa shape index (κ1) is 30.4. The summed E-state index contributed by atoms with van der Waals surface area (Å²) >= 11 is 0. The number of carbonyl (C=O) groups is 2. The number of hydrogen-bond acceptors (Lipinski definition) is 5. The highest BCUT2D eigenvalue weighted by atomic mass is 28.4. The Morgan fingerprint density at radius 1 is 1.06 bits per heavy atom. The number of carbonyl (C=O) groups excluding carboxylic acids is 2. The first-order valence-electron chi connectivity index (χ1n) is 11.4. The predicted octanol–water partition coefficient (Wildman–Crippen LogP) is 6.38. The van der Waals surface area contributed by atoms with E-state index in [0.717, 1.165) is 5.57 Å². The third-order valence-electron chi connectivity index (χ3n) is 6.13. The average Bonchev–Trinajstić information content (AvgIpc) is 2.64. The molecule has 0 aliphatic heterocycles. The number of allylic oxidation sites excluding steroid dienone is 1. The molecule has 1 N–H and O–H groups in total. The van der Waals surface area contributed by atoms with Gasteiger partial charge in [0.1, 0.15) is 5.60 Å². The normalized spacial score (nSPS) is 16.8. The number of rotatable bonds is 9. The SMILES string of the molecule is C/C=C(\C)[C@@H](O[Si](C)(C)C(C)(C)C)[C@@H](C)[C@H](C/C=C(\C)C(=O)OC)NC(=O)OC(C)(C)C. The minimum atomic E-state index is -2.08. The van der Waals surface area contributed by atoms with Crippen LogP contribution in [0.4, 0.5) is 4.79 Å². The predicted molar refractivity (Wildman–Crippen MR) is 134 cm³/mol. The third kappa shape index (κ3) is 9.90. The number of esters is 1. The molecule has 6 nitrogen and oxygen atoms in total. The Hall–Kier alpha value is -1.60. The quantitative estimate of drug-likeness (QED) is 0.183. The molecule has 0 rings (SSSR count). The largest absolute Gasteiger partial charge is 0.466 e. The fourth-order valence-electron chi connectivity index (χ4n) is 2.90. The van der Waals surface area contributed by atoms with Crippen molar-refractivity contribution in [3.05, 3.63) is 23.3 Å². The molecule has 0 aromatic carbocycles. The van der Waals surface area contributed by atoms with Crippen molar-refractivity contribution in [2.24, 2.45) is 5.92 Å². The number of amides is 1. The van der Waals surface area contributed by atoms with Crippen LogP contribution >= 0.6 is 0 Å². The Balaban J connectivity index is 6.05. The van der Waals surface area contributed by atoms with Gasteiger partial charge in [-0.25, -0.2) is 9.59 Å². The highest BCUT2D eigenvalue weighted by Gasteiger charge is 2.41. The van der Waals surface area contributed by atoms with Crippen LogP contribution in [0.25, 0.3) is 0 Å². The monoisotopic (exact) mass is 469 g/mol. The fourth-order valence-corrected chi connectivity index (χ4v) is 4.29. The molecule has 0 unspecified atom stereocenters. The Morgan fingerprint density at radius 3 is 2.00 bits per heavy atom. The molecule has 0 aliphatic carbocycles. The number of hydrogen-bond donors (Lipinski definition) is 1. The summed E-state index contributed by atoms with van der Waals surface area (Å²) in [5.74, 6) is -0.443. The minimum absolute atomic E-state index is 0.0501. The smallest absolute Gasteiger partial charge is 0.407 e. The van der Waals surface area contributed by atoms with E-state index < -0.39 is 20.0 Å². The fraction of sp³-hybridized carbons (Fsp3) is 0.760. The molecule has 0 radical (unpaired) electrons. The molecule has 3 atom stereocenters. The first-order valence-corrected chi connectivity index (χ1v) is 14.3. The van der Waals surface area contributed by atoms with E-state index in [0.29, 0.717) is 12.0 Å². The van der Waals surface area contributed by atoms with Crippen LogP contribution in [0.3, 0.4) is 0 Å². The van der Waals surface area contributed by atoms with Gasteiger partial charge in [0.25, 0.3) is 0 Å². The molecule has 0 heterocycles. The molecule has 0 aliphatic rings. The van der Waals surface area contributed by atoms with Crippen LogP contribution in [0.15, 0.2) is 23.3 Å². The Bertz CT molecular complexity index is 698. The zero-order chi connectivity index (χ0) is 25.5. The molecule has 1 amide bonds. The lowest BCUT2D eigenvalue weighted by Gasteiger charge is -2.43. The topological polar surface area (TPSA) is 73.9 Å². The second-order valence-corrected chi connectivity index (χ2v) is 15.8. The van der Waals surface area contributed by atoms with E-state index in [4.69, 9.17) is 13.9 Å². The Labute approximate surface area is 197 Å². The molecule has 7 heteroatoms. The summed E-state index contributed by atoms with van der Waals surface area (Å²) in [6.07, 6.45) is 3.67. The second kappa shape index (κ2) is 12.0. The summed E-state index contributed by atoms with van der Waals surface area (Å²) in [5, 5.41) is 3.07. The molecule has 186 valence electrons. The molecule has 0 aromatic rings. The summed E-state index contributed by atoms with van der Waals surface area (Å²) in [7, 11) is -0.718. The molecule has 0 saturated carbocycles. The Morgan fingerprint density at radius 2 is 1.59 bits per heavy atom. The minimum Gasteiger partial charge on any atom is -0.466 e. The standard InChI is InChI=1S/C25H47NO5Si/c1-14-17(2)21(31-32(12,13)25(8,9)10)19(4)20(16-15-18(3)22(27)29-11)26-23(28)30-24(5,6)7/h14-15,19-21H,16H2,1-13H3,(H,26,28)/b17-14+,18-15+/t19-,20-,21+/m0/s1. The van der Waals surface area contributed by atoms with E-state index in [1.807, 2.05) is 27.7 Å². The second-order valence-electron chi connectivity index (χ2n) is 11.1. The number of methoxy groups -OCH3 is 1. The summed E-state index contributed by atoms with van der Waals surface area (Å²) in [6.45, 7) is 24.5. The van der Waals surface area contributed by atoms with E-state index in [-0.39, 0.29) is 29.1 Å². The van der Waals surface area contributed by atoms with Crippen molar-refractivity contribution in [3.8, 4) is 0 Å². The van der Waals surface area contributed by atoms with Crippen molar-refractivity contribution >= 4 is 20.4 Å². The van der Waals surface area contributed by atoms with Gasteiger partial charge in [-0.3, -0.25) is 0 Å². The Kier molecular flexibility index (Phi) is 11.4. The average molecular weight is 470 g/mol. The van der Waals surface area contributed by atoms with Crippen molar-refractivity contribution in [3.63, 3.8) is 0 Å². The molecular weight excluding hydrogens is 422 g/mol. The molecule has 0 fully saturated rings. The lowest BCUT2D eigenvalue weighted by Crippen LogP contribution is -2.51. The van der Waals surface area contributed by atoms with Gasteiger partial charge in [0.05, 0.1) is 13.2 Å². The van der Waals surface area contributed by atoms with Crippen LogP contribution in [0, 0.1) is 5.92 Å². The van der Waals surface area contributed by atoms with Gasteiger partial charge in [-0.1, -0.05) is 39.8 Å². The van der Waals surface area contributed by atoms with E-state index >= 15 is 0 Å². The maximum absolute atomic E-state index is 12.6. The van der Waals surface area contributed by atoms with Crippen LogP contribution in [-0.2, 0) is 18.7 Å². The summed E-state index contributed by atoms with van der Waals surface area (Å²) < 4.78 is 17.1. The summed E-state index contributed by atoms with van der Waals surface area (Å²) in [5.41, 5.74) is 1.01. The van der Waals surface area contributed by atoms with Crippen molar-refractivity contribution in [2.75, 3.05) is 7.11 Å². The highest BCUT2D eigenvalue weighted by Crippen LogP contribution is 2.39. The highest BCUT2D eigenvalue weighted by molar-refractivity contribution is 6.74. The van der Waals surface area contributed by atoms with Crippen molar-refractivity contribution in [1.82, 2.24) is 5.32 Å². The molecule has 0 aromatic heterocycles. The van der Waals surface area contributed by atoms with Crippen molar-refractivity contribution in [2.45, 2.75) is 112 Å². The van der Waals surface area contributed by atoms with E-state index in [1.54, 1.807) is 13.0 Å². The molecule has 32 heavy (non-hydrogen) atoms. The summed E-state index contributed by atoms with van der Waals surface area (Å²) in [6, 6.07) is -0.297. The van der Waals surface area contributed by atoms with E-state index in [1.165, 1.54) is 7.11 Å². The van der Waals surface area contributed by atoms with Gasteiger partial charge in [-0.15, -0.1) is 0 Å². The van der Waals surface area contributed by atoms with Gasteiger partial charge in [0.2, 0.25) is 0 Å². The van der Waals surface area contributed by atoms with Gasteiger partial charge < -0.3 is 19.2 Å². The van der Waals surface area contributed by atoms with Crippen LogP contribution < -0.4 is 5.32 Å². The first-order chi connectivity index (χ1) is 14.4. The zero-order valence-electron chi connectivity index (χ0n) is 22.6. The lowest BCUT2D eigenvalue weighted by atomic mass is 9.89. The van der Waals surface area contributed by atoms with E-state index in [2.05, 4.69) is 59.1 Å². The van der Waals surface area contributed by atoms with Gasteiger partial charge in [-0.2, -0.15) is 0 Å². The lowest BCUT2D eigenvalue weighted by molar-refractivity contribution is -0.136. The van der Waals surface area contributed by atoms with Crippen LogP contribution in [0.1, 0.15) is 75.7 Å². The number of alkyl carbamates (subject to hydrolysis) is 1. The van der Waals surface area contributed by atoms with Gasteiger partial charge in [-0.05, 0) is 71.7 Å². The van der Waals surface area contributed by atoms with Crippen LogP contribution in [0.2, 0.25) is 18.1 Å². The molecule has 0 spiro atoms. The van der Waals surface area contributed by atoms with Crippen molar-refractivity contribution < 1.29 is 23.5 Å². The van der Waals surface area contributed by atoms with Crippen LogP contribution in [-0.4, -0.2) is 45.2 Å². The van der Waals surface area contributed by atoms with E-state index in [9.17, 15) is 9.59 Å². The summed E-state index contributed by atoms with van der Waals surface area (Å²) in [4.78, 5) is 24.5. The molecular formula is C25H47NO5Si. The van der Waals surface area contributed by atoms with Gasteiger partial charge in [0.15, 0.2) is 8.32 Å². The molecule has 0 bridgehead atoms. The van der Waals surface area contributed by atoms with Crippen LogP contribution in [0.5, 0.6) is 0 Å². The zero-order valence-corrected chi connectivity index (χ0v) is 23.6. The number of ether oxygens (including phenoxy) is 2.